The lowest BCUT2D eigenvalue weighted by molar-refractivity contribution is 0.0338. The first-order valence-electron chi connectivity index (χ1n) is 5.82. The molecule has 0 bridgehead atoms. The van der Waals surface area contributed by atoms with Gasteiger partial charge in [0.25, 0.3) is 0 Å². The van der Waals surface area contributed by atoms with Crippen LogP contribution in [-0.2, 0) is 4.74 Å². The fraction of sp³-hybridized carbons (Fsp3) is 0.133. The minimum atomic E-state index is -0.451. The molecule has 0 unspecified atom stereocenters. The van der Waals surface area contributed by atoms with Gasteiger partial charge in [-0.25, -0.2) is 4.79 Å². The van der Waals surface area contributed by atoms with E-state index in [0.29, 0.717) is 10.6 Å². The molecule has 0 saturated carbocycles. The van der Waals surface area contributed by atoms with Crippen LogP contribution in [0.1, 0.15) is 28.9 Å². The van der Waals surface area contributed by atoms with Crippen molar-refractivity contribution in [2.45, 2.75) is 13.0 Å². The van der Waals surface area contributed by atoms with Gasteiger partial charge in [0, 0.05) is 10.6 Å². The van der Waals surface area contributed by atoms with Gasteiger partial charge in [0.1, 0.15) is 11.9 Å². The van der Waals surface area contributed by atoms with E-state index in [4.69, 9.17) is 21.4 Å². The highest BCUT2D eigenvalue weighted by molar-refractivity contribution is 6.31. The number of benzene rings is 2. The Hall–Kier alpha value is -2.00. The number of halogens is 1. The van der Waals surface area contributed by atoms with Gasteiger partial charge in [0.05, 0.1) is 5.56 Å². The van der Waals surface area contributed by atoms with Crippen molar-refractivity contribution < 1.29 is 14.6 Å². The Morgan fingerprint density at radius 2 is 1.79 bits per heavy atom. The molecule has 0 aliphatic rings. The van der Waals surface area contributed by atoms with E-state index in [1.165, 1.54) is 24.3 Å². The van der Waals surface area contributed by atoms with Crippen molar-refractivity contribution in [2.75, 3.05) is 0 Å². The summed E-state index contributed by atoms with van der Waals surface area (Å²) in [6.07, 6.45) is -0.435. The van der Waals surface area contributed by atoms with Crippen LogP contribution < -0.4 is 0 Å². The fourth-order valence-electron chi connectivity index (χ4n) is 1.69. The molecule has 0 spiro atoms. The van der Waals surface area contributed by atoms with Gasteiger partial charge in [0.2, 0.25) is 0 Å². The number of carbonyl (C=O) groups excluding carboxylic acids is 1. The van der Waals surface area contributed by atoms with E-state index in [2.05, 4.69) is 0 Å². The maximum absolute atomic E-state index is 11.9. The second-order valence-electron chi connectivity index (χ2n) is 4.12. The van der Waals surface area contributed by atoms with Gasteiger partial charge < -0.3 is 9.84 Å². The van der Waals surface area contributed by atoms with Crippen LogP contribution >= 0.6 is 11.6 Å². The highest BCUT2D eigenvalue weighted by atomic mass is 35.5. The first-order chi connectivity index (χ1) is 9.08. The van der Waals surface area contributed by atoms with Gasteiger partial charge in [-0.1, -0.05) is 29.8 Å². The van der Waals surface area contributed by atoms with E-state index < -0.39 is 12.1 Å². The second kappa shape index (κ2) is 5.76. The number of phenolic OH excluding ortho intramolecular Hbond substituents is 1. The van der Waals surface area contributed by atoms with Crippen molar-refractivity contribution in [3.05, 3.63) is 64.7 Å². The first-order valence-corrected chi connectivity index (χ1v) is 6.20. The van der Waals surface area contributed by atoms with Crippen molar-refractivity contribution >= 4 is 17.6 Å². The Kier molecular flexibility index (Phi) is 4.07. The zero-order valence-corrected chi connectivity index (χ0v) is 11.1. The van der Waals surface area contributed by atoms with Crippen molar-refractivity contribution in [3.8, 4) is 5.75 Å². The van der Waals surface area contributed by atoms with Gasteiger partial charge in [0.15, 0.2) is 0 Å². The number of esters is 1. The minimum Gasteiger partial charge on any atom is -0.508 e. The summed E-state index contributed by atoms with van der Waals surface area (Å²) in [4.78, 5) is 11.9. The molecular weight excluding hydrogens is 264 g/mol. The van der Waals surface area contributed by atoms with Crippen molar-refractivity contribution in [1.82, 2.24) is 0 Å². The third-order valence-electron chi connectivity index (χ3n) is 2.73. The number of hydrogen-bond donors (Lipinski definition) is 1. The normalized spacial score (nSPS) is 11.9. The SMILES string of the molecule is C[C@H](OC(=O)c1ccc(O)cc1)c1ccccc1Cl. The topological polar surface area (TPSA) is 46.5 Å². The molecule has 0 saturated heterocycles. The van der Waals surface area contributed by atoms with E-state index in [1.54, 1.807) is 13.0 Å². The van der Waals surface area contributed by atoms with Crippen LogP contribution in [0.5, 0.6) is 5.75 Å². The van der Waals surface area contributed by atoms with Crippen LogP contribution in [0.3, 0.4) is 0 Å². The summed E-state index contributed by atoms with van der Waals surface area (Å²) in [5.74, 6) is -0.344. The van der Waals surface area contributed by atoms with E-state index in [9.17, 15) is 4.79 Å². The Balaban J connectivity index is 2.11. The zero-order chi connectivity index (χ0) is 13.8. The second-order valence-corrected chi connectivity index (χ2v) is 4.52. The van der Waals surface area contributed by atoms with E-state index in [-0.39, 0.29) is 5.75 Å². The van der Waals surface area contributed by atoms with E-state index in [0.717, 1.165) is 5.56 Å². The van der Waals surface area contributed by atoms with Crippen LogP contribution in [0.25, 0.3) is 0 Å². The molecule has 2 aromatic rings. The standard InChI is InChI=1S/C15H13ClO3/c1-10(13-4-2-3-5-14(13)16)19-15(18)11-6-8-12(17)9-7-11/h2-10,17H,1H3/t10-/m0/s1. The summed E-state index contributed by atoms with van der Waals surface area (Å²) < 4.78 is 5.34. The number of ether oxygens (including phenoxy) is 1. The van der Waals surface area contributed by atoms with Gasteiger partial charge in [-0.15, -0.1) is 0 Å². The molecule has 4 heteroatoms. The molecule has 0 amide bonds. The Morgan fingerprint density at radius 3 is 2.42 bits per heavy atom. The van der Waals surface area contributed by atoms with E-state index >= 15 is 0 Å². The van der Waals surface area contributed by atoms with Crippen LogP contribution in [-0.4, -0.2) is 11.1 Å². The molecule has 1 N–H and O–H groups in total. The Labute approximate surface area is 116 Å². The molecule has 0 aliphatic carbocycles. The smallest absolute Gasteiger partial charge is 0.338 e. The van der Waals surface area contributed by atoms with Gasteiger partial charge in [-0.05, 0) is 37.3 Å². The number of rotatable bonds is 3. The van der Waals surface area contributed by atoms with Gasteiger partial charge in [-0.2, -0.15) is 0 Å². The summed E-state index contributed by atoms with van der Waals surface area (Å²) in [6, 6.07) is 13.1. The predicted octanol–water partition coefficient (Wildman–Crippen LogP) is 3.96. The molecule has 0 fully saturated rings. The number of phenols is 1. The number of carbonyl (C=O) groups is 1. The summed E-state index contributed by atoms with van der Waals surface area (Å²) in [5, 5.41) is 9.73. The summed E-state index contributed by atoms with van der Waals surface area (Å²) in [7, 11) is 0. The zero-order valence-electron chi connectivity index (χ0n) is 10.3. The number of aromatic hydroxyl groups is 1. The highest BCUT2D eigenvalue weighted by Gasteiger charge is 2.15. The molecule has 98 valence electrons. The molecule has 2 rings (SSSR count). The monoisotopic (exact) mass is 276 g/mol. The third-order valence-corrected chi connectivity index (χ3v) is 3.07. The highest BCUT2D eigenvalue weighted by Crippen LogP contribution is 2.26. The third kappa shape index (κ3) is 3.26. The lowest BCUT2D eigenvalue weighted by Crippen LogP contribution is -2.09. The summed E-state index contributed by atoms with van der Waals surface area (Å²) in [5.41, 5.74) is 1.15. The maximum atomic E-state index is 11.9. The molecule has 3 nitrogen and oxygen atoms in total. The fourth-order valence-corrected chi connectivity index (χ4v) is 1.98. The minimum absolute atomic E-state index is 0.107. The molecule has 1 atom stereocenters. The first kappa shape index (κ1) is 13.4. The van der Waals surface area contributed by atoms with Crippen LogP contribution in [0.15, 0.2) is 48.5 Å². The molecule has 0 aromatic heterocycles. The number of hydrogen-bond acceptors (Lipinski definition) is 3. The molecule has 0 radical (unpaired) electrons. The Bertz CT molecular complexity index is 578. The van der Waals surface area contributed by atoms with Crippen LogP contribution in [0, 0.1) is 0 Å². The molecule has 0 aliphatic heterocycles. The summed E-state index contributed by atoms with van der Waals surface area (Å²) >= 11 is 6.04. The quantitative estimate of drug-likeness (QED) is 0.863. The largest absolute Gasteiger partial charge is 0.508 e. The molecular formula is C15H13ClO3. The lowest BCUT2D eigenvalue weighted by Gasteiger charge is -2.14. The summed E-state index contributed by atoms with van der Waals surface area (Å²) in [6.45, 7) is 1.76. The van der Waals surface area contributed by atoms with Crippen molar-refractivity contribution in [2.24, 2.45) is 0 Å². The van der Waals surface area contributed by atoms with Gasteiger partial charge >= 0.3 is 5.97 Å². The average molecular weight is 277 g/mol. The average Bonchev–Trinajstić information content (AvgIpc) is 2.39. The van der Waals surface area contributed by atoms with E-state index in [1.807, 2.05) is 18.2 Å². The van der Waals surface area contributed by atoms with Crippen molar-refractivity contribution in [3.63, 3.8) is 0 Å². The van der Waals surface area contributed by atoms with Crippen molar-refractivity contribution in [1.29, 1.82) is 0 Å². The van der Waals surface area contributed by atoms with Crippen LogP contribution in [0.2, 0.25) is 5.02 Å². The predicted molar refractivity (Wildman–Crippen MR) is 73.4 cm³/mol. The molecule has 2 aromatic carbocycles. The van der Waals surface area contributed by atoms with Gasteiger partial charge in [-0.3, -0.25) is 0 Å². The lowest BCUT2D eigenvalue weighted by atomic mass is 10.1. The molecule has 19 heavy (non-hydrogen) atoms. The van der Waals surface area contributed by atoms with Crippen LogP contribution in [0.4, 0.5) is 0 Å². The molecule has 0 heterocycles. The maximum Gasteiger partial charge on any atom is 0.338 e. The Morgan fingerprint density at radius 1 is 1.16 bits per heavy atom.